The van der Waals surface area contributed by atoms with Crippen molar-refractivity contribution >= 4 is 543 Å². The summed E-state index contributed by atoms with van der Waals surface area (Å²) in [6, 6.07) is 11.7. The van der Waals surface area contributed by atoms with Gasteiger partial charge >= 0.3 is 582 Å². The zero-order valence-corrected chi connectivity index (χ0v) is 56.5. The van der Waals surface area contributed by atoms with Gasteiger partial charge in [0, 0.05) is 0 Å². The summed E-state index contributed by atoms with van der Waals surface area (Å²) in [5, 5.41) is 138. The van der Waals surface area contributed by atoms with Crippen LogP contribution in [0.25, 0.3) is 518 Å². The van der Waals surface area contributed by atoms with Crippen LogP contribution in [-0.4, -0.2) is 39.6 Å². The van der Waals surface area contributed by atoms with Crippen LogP contribution in [-0.2, 0) is 0 Å². The van der Waals surface area contributed by atoms with E-state index in [4.69, 9.17) is 9.97 Å². The van der Waals surface area contributed by atoms with E-state index in [-0.39, 0.29) is 0 Å². The van der Waals surface area contributed by atoms with Crippen LogP contribution < -0.4 is 0 Å². The minimum atomic E-state index is -2.64. The van der Waals surface area contributed by atoms with E-state index in [1.807, 2.05) is 0 Å². The van der Waals surface area contributed by atoms with Gasteiger partial charge in [-0.1, -0.05) is 0 Å². The molecule has 6 bridgehead atoms. The first-order valence-electron chi connectivity index (χ1n) is 38.5. The average Bonchev–Trinajstić information content (AvgIpc) is 1.42. The molecule has 0 spiro atoms. The van der Waals surface area contributed by atoms with Crippen molar-refractivity contribution in [3.05, 3.63) is 24.3 Å². The molecule has 0 atom stereocenters. The molecule has 0 saturated carbocycles. The van der Waals surface area contributed by atoms with Gasteiger partial charge in [0.15, 0.2) is 0 Å². The van der Waals surface area contributed by atoms with Crippen LogP contribution in [0.1, 0.15) is 0 Å². The van der Waals surface area contributed by atoms with Gasteiger partial charge < -0.3 is 0 Å². The summed E-state index contributed by atoms with van der Waals surface area (Å²) in [4.78, 5) is 13.9. The van der Waals surface area contributed by atoms with Crippen LogP contribution in [0.4, 0.5) is 0 Å². The molecule has 0 N–H and O–H groups in total. The predicted molar refractivity (Wildman–Crippen MR) is 449 cm³/mol. The van der Waals surface area contributed by atoms with E-state index in [1.165, 1.54) is 130 Å². The Balaban J connectivity index is 1.03. The van der Waals surface area contributed by atoms with Crippen LogP contribution in [0.2, 0.25) is 0 Å². The number of nitrogens with zero attached hydrogens (tertiary/aromatic N) is 4. The molecule has 105 heavy (non-hydrogen) atoms. The molecule has 2 aliphatic rings. The number of rotatable bonds is 0. The van der Waals surface area contributed by atoms with Crippen LogP contribution in [0, 0.1) is 0 Å². The Morgan fingerprint density at radius 3 is 0.400 bits per heavy atom. The number of fused-ring (bicyclic) bond motifs is 4. The fourth-order valence-electron chi connectivity index (χ4n) is 35.9. The SMILES string of the molecule is c1c2c3cc4c5cc6c7cc8c1c1c9c2c2c%10c3c3c4c4c%11c5c5c6c6c%12c7c7c8c8c1c1c%13c9c9c2c2c%14c%15c%16nc%17c%15c%15c2c%10c2c3c3c4c4c%10c%11c%11c5c5c6c6c%18c%19c%20nc%21c%19c%19c6c%12c6c7c7c8c8c1c1c%13c(c%149)c%16c9c1c1c8c7c(c%196)c%21c1[n]9[Pb][n]1c6c%17c(c%152)c3c4c6c2c%10c%11c(c%185)c%20c21. The van der Waals surface area contributed by atoms with Gasteiger partial charge in [-0.05, 0) is 0 Å². The molecule has 6 heterocycles. The van der Waals surface area contributed by atoms with E-state index < -0.39 is 24.8 Å². The van der Waals surface area contributed by atoms with Gasteiger partial charge in [0.2, 0.25) is 0 Å². The summed E-state index contributed by atoms with van der Waals surface area (Å²) in [5.74, 6) is 0. The Hall–Kier alpha value is -12.9. The van der Waals surface area contributed by atoms with E-state index in [0.29, 0.717) is 0 Å². The second-order valence-corrected chi connectivity index (χ2v) is 41.9. The number of hydrogen-bond acceptors (Lipinski definition) is 2. The van der Waals surface area contributed by atoms with E-state index in [0.717, 1.165) is 0 Å². The molecule has 428 valence electrons. The first-order chi connectivity index (χ1) is 52.4. The van der Waals surface area contributed by atoms with Gasteiger partial charge in [-0.15, -0.1) is 0 Å². The van der Waals surface area contributed by atoms with Crippen molar-refractivity contribution < 1.29 is 0 Å². The maximum absolute atomic E-state index is 6.93. The molecule has 44 aromatic carbocycles. The number of aromatic nitrogens is 4. The normalized spacial score (nSPS) is 17.5. The van der Waals surface area contributed by atoms with Gasteiger partial charge in [0.05, 0.1) is 0 Å². The Morgan fingerprint density at radius 2 is 0.238 bits per heavy atom. The number of hydrogen-bond donors (Lipinski definition) is 0. The van der Waals surface area contributed by atoms with Crippen LogP contribution in [0.15, 0.2) is 24.3 Å². The molecule has 0 saturated heterocycles. The zero-order valence-electron chi connectivity index (χ0n) is 52.6. The maximum atomic E-state index is 6.93. The van der Waals surface area contributed by atoms with Crippen molar-refractivity contribution in [1.29, 1.82) is 0 Å². The monoisotopic (exact) mass is 1470 g/mol. The molecule has 5 heteroatoms. The van der Waals surface area contributed by atoms with Crippen molar-refractivity contribution in [2.24, 2.45) is 0 Å². The van der Waals surface area contributed by atoms with Crippen LogP contribution in [0.5, 0.6) is 0 Å². The molecule has 0 unspecified atom stereocenters. The minimum absolute atomic E-state index is 1.31. The van der Waals surface area contributed by atoms with E-state index in [1.54, 1.807) is 388 Å². The summed E-state index contributed by atoms with van der Waals surface area (Å²) >= 11 is -2.64. The van der Waals surface area contributed by atoms with Crippen molar-refractivity contribution in [1.82, 2.24) is 14.7 Å². The third kappa shape index (κ3) is 2.19. The molecule has 0 amide bonds. The molecule has 0 fully saturated rings. The average molecular weight is 1470 g/mol. The van der Waals surface area contributed by atoms with Gasteiger partial charge in [0.1, 0.15) is 0 Å². The van der Waals surface area contributed by atoms with Gasteiger partial charge in [-0.2, -0.15) is 0 Å². The second kappa shape index (κ2) is 8.92. The molecule has 4 aromatic heterocycles. The Kier molecular flexibility index (Phi) is 3.26. The quantitative estimate of drug-likeness (QED) is 0.0862. The summed E-state index contributed by atoms with van der Waals surface area (Å²) in [5.41, 5.74) is 11.4. The molecule has 48 aromatic rings. The molecule has 0 aliphatic carbocycles. The Labute approximate surface area is 577 Å². The van der Waals surface area contributed by atoms with Gasteiger partial charge in [0.25, 0.3) is 0 Å². The Morgan fingerprint density at radius 1 is 0.124 bits per heavy atom. The van der Waals surface area contributed by atoms with Crippen molar-refractivity contribution in [2.75, 3.05) is 0 Å². The molecular weight excluding hydrogens is 1460 g/mol. The topological polar surface area (TPSA) is 35.6 Å². The first-order valence-corrected chi connectivity index (χ1v) is 42.0. The fraction of sp³-hybridized carbons (Fsp3) is 0. The summed E-state index contributed by atoms with van der Waals surface area (Å²) in [6.45, 7) is 0. The molecule has 50 rings (SSSR count). The summed E-state index contributed by atoms with van der Waals surface area (Å²) in [6.07, 6.45) is 0. The van der Waals surface area contributed by atoms with Gasteiger partial charge in [-0.25, -0.2) is 0 Å². The van der Waals surface area contributed by atoms with Crippen LogP contribution in [0.3, 0.4) is 0 Å². The summed E-state index contributed by atoms with van der Waals surface area (Å²) < 4.78 is 6.60. The summed E-state index contributed by atoms with van der Waals surface area (Å²) in [7, 11) is 0. The molecular formula is C100H4N4Pb. The zero-order chi connectivity index (χ0) is 61.5. The van der Waals surface area contributed by atoms with Gasteiger partial charge in [-0.3, -0.25) is 0 Å². The van der Waals surface area contributed by atoms with Crippen LogP contribution >= 0.6 is 0 Å². The van der Waals surface area contributed by atoms with Crippen molar-refractivity contribution in [2.45, 2.75) is 0 Å². The predicted octanol–water partition coefficient (Wildman–Crippen LogP) is 27.8. The third-order valence-corrected chi connectivity index (χ3v) is 41.8. The number of benzene rings is 36. The van der Waals surface area contributed by atoms with Crippen molar-refractivity contribution in [3.63, 3.8) is 0 Å². The van der Waals surface area contributed by atoms with E-state index in [9.17, 15) is 0 Å². The van der Waals surface area contributed by atoms with E-state index in [2.05, 4.69) is 29.0 Å². The fourth-order valence-corrected chi connectivity index (χ4v) is 41.7. The Bertz CT molecular complexity index is 11800. The van der Waals surface area contributed by atoms with Crippen molar-refractivity contribution in [3.8, 4) is 0 Å². The first kappa shape index (κ1) is 38.4. The standard InChI is InChI=1S/C100H4N4.Pb/c1-5-7-2-9-11-4-12-10-3-8-6(1)14-21-13(5)25-27-15(7)22-17(9)29-31-19(11)24-20(12)32-30-18(10)23-16(8)28-26(14)38-46-33(21)45-37(25)53-55-39(27)47-34(22)49-41(29)57-59-43(31)51-36(24)52-44(32)60-58-42(30)50-35(23)48-40(28)56-54(38)70-62(46)77-61(45)69(53)81-83-71(55)63(47)78-65(49)73(57)85-87-75(59)67(51)80-68(52)76(60)88-86-74(58)66(50)79-64(48)72(56)84-82(70)94-89(77)93(81)101-95(83)90(78)97(85)103-99(87)92(80)100(88)104-98(86)91(79)96(84)102-94;/h1-4H;/q-2;+2. The molecule has 2 aliphatic heterocycles. The third-order valence-electron chi connectivity index (χ3n) is 36.8. The molecule has 2 radical (unpaired) electrons. The second-order valence-electron chi connectivity index (χ2n) is 37.7. The van der Waals surface area contributed by atoms with E-state index >= 15 is 0 Å². The molecule has 4 nitrogen and oxygen atoms in total.